The van der Waals surface area contributed by atoms with E-state index in [9.17, 15) is 18.4 Å². The van der Waals surface area contributed by atoms with Crippen LogP contribution in [0.2, 0.25) is 0 Å². The fourth-order valence-corrected chi connectivity index (χ4v) is 1.50. The zero-order valence-corrected chi connectivity index (χ0v) is 11.2. The molecule has 2 aromatic rings. The molecular formula is C14H11F2N3O3. The first-order valence-electron chi connectivity index (χ1n) is 6.15. The Balaban J connectivity index is 1.86. The van der Waals surface area contributed by atoms with Crippen LogP contribution in [-0.2, 0) is 16.1 Å². The van der Waals surface area contributed by atoms with Crippen LogP contribution in [-0.4, -0.2) is 18.0 Å². The minimum absolute atomic E-state index is 0.0326. The number of hydrogen-bond acceptors (Lipinski definition) is 4. The van der Waals surface area contributed by atoms with Gasteiger partial charge in [0.2, 0.25) is 0 Å². The molecule has 0 bridgehead atoms. The molecular weight excluding hydrogens is 296 g/mol. The minimum Gasteiger partial charge on any atom is -0.467 e. The SMILES string of the molecule is O=C(NCc1ccco1)C(=O)N/N=C\c1c(F)cccc1F. The number of benzene rings is 1. The average Bonchev–Trinajstić information content (AvgIpc) is 3.01. The molecule has 0 spiro atoms. The van der Waals surface area contributed by atoms with Gasteiger partial charge in [-0.3, -0.25) is 9.59 Å². The quantitative estimate of drug-likeness (QED) is 0.508. The smallest absolute Gasteiger partial charge is 0.329 e. The van der Waals surface area contributed by atoms with Crippen LogP contribution in [0.4, 0.5) is 8.78 Å². The third kappa shape index (κ3) is 3.98. The van der Waals surface area contributed by atoms with Crippen molar-refractivity contribution < 1.29 is 22.8 Å². The lowest BCUT2D eigenvalue weighted by molar-refractivity contribution is -0.139. The molecule has 0 fully saturated rings. The van der Waals surface area contributed by atoms with E-state index in [4.69, 9.17) is 4.42 Å². The van der Waals surface area contributed by atoms with E-state index in [1.54, 1.807) is 12.1 Å². The summed E-state index contributed by atoms with van der Waals surface area (Å²) in [6.07, 6.45) is 2.21. The first kappa shape index (κ1) is 15.4. The van der Waals surface area contributed by atoms with Crippen LogP contribution in [0.5, 0.6) is 0 Å². The Hall–Kier alpha value is -3.03. The number of amides is 2. The second kappa shape index (κ2) is 7.11. The Labute approximate surface area is 123 Å². The van der Waals surface area contributed by atoms with Crippen molar-refractivity contribution in [1.82, 2.24) is 10.7 Å². The second-order valence-electron chi connectivity index (χ2n) is 4.10. The fourth-order valence-electron chi connectivity index (χ4n) is 1.50. The van der Waals surface area contributed by atoms with Gasteiger partial charge in [0.15, 0.2) is 0 Å². The van der Waals surface area contributed by atoms with Gasteiger partial charge in [0.05, 0.1) is 24.6 Å². The Morgan fingerprint density at radius 3 is 2.50 bits per heavy atom. The van der Waals surface area contributed by atoms with Crippen molar-refractivity contribution in [2.75, 3.05) is 0 Å². The van der Waals surface area contributed by atoms with Crippen LogP contribution in [0.15, 0.2) is 46.1 Å². The highest BCUT2D eigenvalue weighted by molar-refractivity contribution is 6.35. The number of hydrazone groups is 1. The minimum atomic E-state index is -1.07. The van der Waals surface area contributed by atoms with Crippen LogP contribution in [0.1, 0.15) is 11.3 Å². The molecule has 114 valence electrons. The number of nitrogens with zero attached hydrogens (tertiary/aromatic N) is 1. The van der Waals surface area contributed by atoms with Crippen LogP contribution in [0.3, 0.4) is 0 Å². The number of halogens is 2. The third-order valence-electron chi connectivity index (χ3n) is 2.57. The molecule has 8 heteroatoms. The third-order valence-corrected chi connectivity index (χ3v) is 2.57. The first-order valence-corrected chi connectivity index (χ1v) is 6.15. The van der Waals surface area contributed by atoms with Crippen molar-refractivity contribution in [3.8, 4) is 0 Å². The zero-order chi connectivity index (χ0) is 15.9. The molecule has 1 heterocycles. The summed E-state index contributed by atoms with van der Waals surface area (Å²) in [7, 11) is 0. The van der Waals surface area contributed by atoms with E-state index in [0.29, 0.717) is 5.76 Å². The zero-order valence-electron chi connectivity index (χ0n) is 11.2. The molecule has 1 aromatic heterocycles. The van der Waals surface area contributed by atoms with E-state index < -0.39 is 29.0 Å². The number of hydrogen-bond donors (Lipinski definition) is 2. The summed E-state index contributed by atoms with van der Waals surface area (Å²) in [4.78, 5) is 22.8. The van der Waals surface area contributed by atoms with Crippen LogP contribution < -0.4 is 10.7 Å². The second-order valence-corrected chi connectivity index (χ2v) is 4.10. The average molecular weight is 307 g/mol. The molecule has 2 N–H and O–H groups in total. The van der Waals surface area contributed by atoms with Gasteiger partial charge in [-0.05, 0) is 24.3 Å². The van der Waals surface area contributed by atoms with Gasteiger partial charge in [-0.25, -0.2) is 14.2 Å². The molecule has 22 heavy (non-hydrogen) atoms. The summed E-state index contributed by atoms with van der Waals surface area (Å²) in [6.45, 7) is 0.0326. The maximum absolute atomic E-state index is 13.3. The number of carbonyl (C=O) groups is 2. The fraction of sp³-hybridized carbons (Fsp3) is 0.0714. The Morgan fingerprint density at radius 1 is 1.14 bits per heavy atom. The van der Waals surface area contributed by atoms with Crippen molar-refractivity contribution >= 4 is 18.0 Å². The first-order chi connectivity index (χ1) is 10.6. The summed E-state index contributed by atoms with van der Waals surface area (Å²) in [6, 6.07) is 6.54. The van der Waals surface area contributed by atoms with Crippen LogP contribution >= 0.6 is 0 Å². The van der Waals surface area contributed by atoms with Gasteiger partial charge in [0, 0.05) is 0 Å². The molecule has 6 nitrogen and oxygen atoms in total. The van der Waals surface area contributed by atoms with Crippen molar-refractivity contribution in [2.45, 2.75) is 6.54 Å². The summed E-state index contributed by atoms with van der Waals surface area (Å²) >= 11 is 0. The molecule has 0 aliphatic heterocycles. The Kier molecular flexibility index (Phi) is 4.97. The molecule has 2 amide bonds. The highest BCUT2D eigenvalue weighted by Crippen LogP contribution is 2.08. The molecule has 0 saturated carbocycles. The highest BCUT2D eigenvalue weighted by atomic mass is 19.1. The molecule has 0 aliphatic carbocycles. The maximum atomic E-state index is 13.3. The van der Waals surface area contributed by atoms with E-state index in [1.807, 2.05) is 5.43 Å². The number of rotatable bonds is 4. The Morgan fingerprint density at radius 2 is 1.86 bits per heavy atom. The van der Waals surface area contributed by atoms with Gasteiger partial charge in [-0.1, -0.05) is 6.07 Å². The van der Waals surface area contributed by atoms with Crippen molar-refractivity contribution in [3.63, 3.8) is 0 Å². The molecule has 0 radical (unpaired) electrons. The summed E-state index contributed by atoms with van der Waals surface area (Å²) in [5.74, 6) is -3.22. The lowest BCUT2D eigenvalue weighted by Gasteiger charge is -2.02. The van der Waals surface area contributed by atoms with E-state index in [0.717, 1.165) is 18.3 Å². The topological polar surface area (TPSA) is 83.7 Å². The van der Waals surface area contributed by atoms with Gasteiger partial charge in [-0.15, -0.1) is 0 Å². The maximum Gasteiger partial charge on any atom is 0.329 e. The van der Waals surface area contributed by atoms with E-state index in [1.165, 1.54) is 12.3 Å². The molecule has 0 atom stereocenters. The standard InChI is InChI=1S/C14H11F2N3O3/c15-11-4-1-5-12(16)10(11)8-18-19-14(21)13(20)17-7-9-3-2-6-22-9/h1-6,8H,7H2,(H,17,20)(H,19,21)/b18-8-. The van der Waals surface area contributed by atoms with Gasteiger partial charge in [0.25, 0.3) is 0 Å². The normalized spacial score (nSPS) is 10.6. The Bertz CT molecular complexity index is 679. The lowest BCUT2D eigenvalue weighted by atomic mass is 10.2. The van der Waals surface area contributed by atoms with Crippen LogP contribution in [0, 0.1) is 11.6 Å². The summed E-state index contributed by atoms with van der Waals surface area (Å²) in [5.41, 5.74) is 1.45. The van der Waals surface area contributed by atoms with E-state index >= 15 is 0 Å². The van der Waals surface area contributed by atoms with Crippen molar-refractivity contribution in [2.24, 2.45) is 5.10 Å². The molecule has 2 rings (SSSR count). The summed E-state index contributed by atoms with van der Waals surface area (Å²) < 4.78 is 31.5. The van der Waals surface area contributed by atoms with Gasteiger partial charge < -0.3 is 9.73 Å². The van der Waals surface area contributed by atoms with Gasteiger partial charge in [0.1, 0.15) is 17.4 Å². The number of carbonyl (C=O) groups excluding carboxylic acids is 2. The predicted molar refractivity (Wildman–Crippen MR) is 72.6 cm³/mol. The number of nitrogens with one attached hydrogen (secondary N) is 2. The van der Waals surface area contributed by atoms with Gasteiger partial charge in [-0.2, -0.15) is 5.10 Å². The van der Waals surface area contributed by atoms with Crippen molar-refractivity contribution in [3.05, 3.63) is 59.6 Å². The highest BCUT2D eigenvalue weighted by Gasteiger charge is 2.13. The molecule has 1 aromatic carbocycles. The molecule has 0 saturated heterocycles. The van der Waals surface area contributed by atoms with Crippen LogP contribution in [0.25, 0.3) is 0 Å². The lowest BCUT2D eigenvalue weighted by Crippen LogP contribution is -2.37. The predicted octanol–water partition coefficient (Wildman–Crippen LogP) is 1.32. The number of furan rings is 1. The molecule has 0 aliphatic rings. The van der Waals surface area contributed by atoms with Crippen molar-refractivity contribution in [1.29, 1.82) is 0 Å². The summed E-state index contributed by atoms with van der Waals surface area (Å²) in [5, 5.41) is 5.63. The van der Waals surface area contributed by atoms with Gasteiger partial charge >= 0.3 is 11.8 Å². The monoisotopic (exact) mass is 307 g/mol. The van der Waals surface area contributed by atoms with E-state index in [2.05, 4.69) is 10.4 Å². The molecule has 0 unspecified atom stereocenters. The largest absolute Gasteiger partial charge is 0.467 e. The van der Waals surface area contributed by atoms with E-state index in [-0.39, 0.29) is 6.54 Å².